The summed E-state index contributed by atoms with van der Waals surface area (Å²) in [6.07, 6.45) is -0.378. The number of para-hydroxylation sites is 1. The molecule has 2 rings (SSSR count). The van der Waals surface area contributed by atoms with E-state index in [0.717, 1.165) is 5.56 Å². The fourth-order valence-electron chi connectivity index (χ4n) is 6.09. The SMILES string of the molecule is CC(C)COC(=O)C(C)(CC(C)(C)C(=O)OCCOc1ccccc1)CC(C)(CC(C)c1ccccc1)C(=O)OCCOC(=O)CCC(=O)O. The van der Waals surface area contributed by atoms with E-state index in [2.05, 4.69) is 0 Å². The first-order valence-corrected chi connectivity index (χ1v) is 17.1. The molecule has 50 heavy (non-hydrogen) atoms. The summed E-state index contributed by atoms with van der Waals surface area (Å²) in [7, 11) is 0. The molecule has 2 aromatic carbocycles. The molecule has 0 spiro atoms. The van der Waals surface area contributed by atoms with Crippen molar-refractivity contribution < 1.29 is 52.8 Å². The van der Waals surface area contributed by atoms with E-state index in [4.69, 9.17) is 28.8 Å². The second-order valence-corrected chi connectivity index (χ2v) is 14.4. The van der Waals surface area contributed by atoms with Gasteiger partial charge in [0.2, 0.25) is 0 Å². The van der Waals surface area contributed by atoms with Gasteiger partial charge in [0, 0.05) is 0 Å². The third-order valence-electron chi connectivity index (χ3n) is 8.27. The van der Waals surface area contributed by atoms with Crippen molar-refractivity contribution in [3.8, 4) is 5.75 Å². The highest BCUT2D eigenvalue weighted by Gasteiger charge is 2.51. The highest BCUT2D eigenvalue weighted by molar-refractivity contribution is 5.83. The highest BCUT2D eigenvalue weighted by Crippen LogP contribution is 2.48. The fourth-order valence-corrected chi connectivity index (χ4v) is 6.09. The van der Waals surface area contributed by atoms with Crippen LogP contribution in [0.5, 0.6) is 5.75 Å². The van der Waals surface area contributed by atoms with Crippen LogP contribution >= 0.6 is 0 Å². The Labute approximate surface area is 296 Å². The van der Waals surface area contributed by atoms with Crippen molar-refractivity contribution in [2.75, 3.05) is 33.0 Å². The molecule has 0 radical (unpaired) electrons. The lowest BCUT2D eigenvalue weighted by Gasteiger charge is -2.41. The Kier molecular flexibility index (Phi) is 16.4. The van der Waals surface area contributed by atoms with E-state index >= 15 is 0 Å². The molecule has 0 amide bonds. The second-order valence-electron chi connectivity index (χ2n) is 14.4. The van der Waals surface area contributed by atoms with Crippen LogP contribution in [0.4, 0.5) is 0 Å². The van der Waals surface area contributed by atoms with E-state index in [0.29, 0.717) is 12.2 Å². The first kappa shape index (κ1) is 41.8. The van der Waals surface area contributed by atoms with Gasteiger partial charge in [-0.25, -0.2) is 0 Å². The summed E-state index contributed by atoms with van der Waals surface area (Å²) in [6.45, 7) is 12.4. The number of benzene rings is 2. The molecule has 0 heterocycles. The van der Waals surface area contributed by atoms with Crippen molar-refractivity contribution in [1.29, 1.82) is 0 Å². The Morgan fingerprint density at radius 3 is 1.78 bits per heavy atom. The van der Waals surface area contributed by atoms with Crippen molar-refractivity contribution in [2.45, 2.75) is 86.5 Å². The number of rotatable bonds is 22. The number of hydrogen-bond acceptors (Lipinski definition) is 10. The van der Waals surface area contributed by atoms with Crippen LogP contribution in [-0.4, -0.2) is 68.0 Å². The summed E-state index contributed by atoms with van der Waals surface area (Å²) in [5.74, 6) is -2.94. The Morgan fingerprint density at radius 2 is 1.18 bits per heavy atom. The van der Waals surface area contributed by atoms with Gasteiger partial charge < -0.3 is 28.8 Å². The summed E-state index contributed by atoms with van der Waals surface area (Å²) >= 11 is 0. The maximum atomic E-state index is 14.0. The van der Waals surface area contributed by atoms with E-state index in [-0.39, 0.29) is 70.6 Å². The minimum Gasteiger partial charge on any atom is -0.490 e. The zero-order valence-corrected chi connectivity index (χ0v) is 30.5. The first-order chi connectivity index (χ1) is 23.5. The average Bonchev–Trinajstić information content (AvgIpc) is 3.06. The first-order valence-electron chi connectivity index (χ1n) is 17.1. The zero-order valence-electron chi connectivity index (χ0n) is 30.5. The minimum absolute atomic E-state index is 0.00514. The summed E-state index contributed by atoms with van der Waals surface area (Å²) < 4.78 is 27.7. The highest BCUT2D eigenvalue weighted by atomic mass is 16.6. The normalized spacial score (nSPS) is 14.4. The molecule has 1 N–H and O–H groups in total. The standard InChI is InChI=1S/C39H54O11/c1-28(2)25-50-36(45)39(7,26-37(4,5)34(43)48-22-20-46-31-16-12-9-13-17-31)27-38(6,24-29(3)30-14-10-8-11-15-30)35(44)49-23-21-47-33(42)19-18-32(40)41/h8-17,28-29H,18-27H2,1-7H3,(H,40,41). The fraction of sp³-hybridized carbons (Fsp3) is 0.564. The van der Waals surface area contributed by atoms with Crippen LogP contribution in [0.2, 0.25) is 0 Å². The number of carbonyl (C=O) groups is 5. The van der Waals surface area contributed by atoms with Crippen LogP contribution in [0, 0.1) is 22.2 Å². The Hall–Kier alpha value is -4.41. The van der Waals surface area contributed by atoms with Crippen molar-refractivity contribution in [3.05, 3.63) is 66.2 Å². The third kappa shape index (κ3) is 14.2. The predicted octanol–water partition coefficient (Wildman–Crippen LogP) is 6.77. The number of carboxylic acids is 1. The second kappa shape index (κ2) is 19.7. The molecule has 0 bridgehead atoms. The largest absolute Gasteiger partial charge is 0.490 e. The van der Waals surface area contributed by atoms with Gasteiger partial charge in [-0.05, 0) is 76.5 Å². The number of ether oxygens (including phenoxy) is 5. The van der Waals surface area contributed by atoms with E-state index in [1.165, 1.54) is 0 Å². The van der Waals surface area contributed by atoms with E-state index in [9.17, 15) is 24.0 Å². The molecule has 3 atom stereocenters. The van der Waals surface area contributed by atoms with Crippen molar-refractivity contribution in [2.24, 2.45) is 22.2 Å². The Bertz CT molecular complexity index is 1390. The minimum atomic E-state index is -1.33. The van der Waals surface area contributed by atoms with Gasteiger partial charge >= 0.3 is 29.8 Å². The summed E-state index contributed by atoms with van der Waals surface area (Å²) in [6, 6.07) is 18.8. The quantitative estimate of drug-likeness (QED) is 0.0788. The molecule has 0 aromatic heterocycles. The van der Waals surface area contributed by atoms with Gasteiger partial charge in [0.25, 0.3) is 0 Å². The molecule has 0 saturated heterocycles. The molecule has 3 unspecified atom stereocenters. The molecular formula is C39H54O11. The topological polar surface area (TPSA) is 152 Å². The van der Waals surface area contributed by atoms with Gasteiger partial charge in [0.15, 0.2) is 0 Å². The van der Waals surface area contributed by atoms with Gasteiger partial charge in [0.05, 0.1) is 35.7 Å². The maximum Gasteiger partial charge on any atom is 0.311 e. The lowest BCUT2D eigenvalue weighted by molar-refractivity contribution is -0.171. The van der Waals surface area contributed by atoms with Crippen LogP contribution in [0.1, 0.15) is 92.1 Å². The average molecular weight is 699 g/mol. The van der Waals surface area contributed by atoms with E-state index in [1.54, 1.807) is 39.8 Å². The van der Waals surface area contributed by atoms with E-state index < -0.39 is 46.1 Å². The van der Waals surface area contributed by atoms with Gasteiger partial charge in [0.1, 0.15) is 32.2 Å². The van der Waals surface area contributed by atoms with Crippen LogP contribution in [0.3, 0.4) is 0 Å². The lowest BCUT2D eigenvalue weighted by atomic mass is 9.63. The monoisotopic (exact) mass is 698 g/mol. The molecule has 0 saturated carbocycles. The number of esters is 4. The van der Waals surface area contributed by atoms with E-state index in [1.807, 2.05) is 69.3 Å². The summed E-state index contributed by atoms with van der Waals surface area (Å²) in [5, 5.41) is 8.79. The molecule has 2 aromatic rings. The molecule has 0 fully saturated rings. The molecule has 0 aliphatic heterocycles. The van der Waals surface area contributed by atoms with Crippen LogP contribution in [0.15, 0.2) is 60.7 Å². The number of carboxylic acid groups (broad SMARTS) is 1. The molecule has 0 aliphatic rings. The predicted molar refractivity (Wildman–Crippen MR) is 186 cm³/mol. The summed E-state index contributed by atoms with van der Waals surface area (Å²) in [4.78, 5) is 63.9. The van der Waals surface area contributed by atoms with Crippen LogP contribution in [-0.2, 0) is 42.9 Å². The molecular weight excluding hydrogens is 644 g/mol. The van der Waals surface area contributed by atoms with Gasteiger partial charge in [-0.15, -0.1) is 0 Å². The van der Waals surface area contributed by atoms with Gasteiger partial charge in [-0.1, -0.05) is 69.3 Å². The molecule has 276 valence electrons. The van der Waals surface area contributed by atoms with Gasteiger partial charge in [-0.3, -0.25) is 24.0 Å². The molecule has 0 aliphatic carbocycles. The number of aliphatic carboxylic acids is 1. The summed E-state index contributed by atoms with van der Waals surface area (Å²) in [5.41, 5.74) is -2.74. The number of carbonyl (C=O) groups excluding carboxylic acids is 4. The Morgan fingerprint density at radius 1 is 0.640 bits per heavy atom. The van der Waals surface area contributed by atoms with Crippen LogP contribution in [0.25, 0.3) is 0 Å². The van der Waals surface area contributed by atoms with Crippen molar-refractivity contribution in [3.63, 3.8) is 0 Å². The molecule has 11 heteroatoms. The van der Waals surface area contributed by atoms with Crippen LogP contribution < -0.4 is 4.74 Å². The maximum absolute atomic E-state index is 14.0. The number of hydrogen-bond donors (Lipinski definition) is 1. The zero-order chi connectivity index (χ0) is 37.4. The van der Waals surface area contributed by atoms with Gasteiger partial charge in [-0.2, -0.15) is 0 Å². The molecule has 11 nitrogen and oxygen atoms in total. The van der Waals surface area contributed by atoms with Crippen molar-refractivity contribution in [1.82, 2.24) is 0 Å². The smallest absolute Gasteiger partial charge is 0.311 e. The Balaban J connectivity index is 2.30. The van der Waals surface area contributed by atoms with Crippen molar-refractivity contribution >= 4 is 29.8 Å². The lowest BCUT2D eigenvalue weighted by Crippen LogP contribution is -2.45. The third-order valence-corrected chi connectivity index (χ3v) is 8.27.